The number of nitrogens with zero attached hydrogens (tertiary/aromatic N) is 1. The Bertz CT molecular complexity index is 92.4. The maximum absolute atomic E-state index is 8.44. The molecule has 0 amide bonds. The molecule has 1 N–H and O–H groups in total. The van der Waals surface area contributed by atoms with E-state index in [9.17, 15) is 0 Å². The van der Waals surface area contributed by atoms with E-state index < -0.39 is 0 Å². The Labute approximate surface area is 59.4 Å². The van der Waals surface area contributed by atoms with Crippen molar-refractivity contribution in [1.82, 2.24) is 0 Å². The van der Waals surface area contributed by atoms with Crippen molar-refractivity contribution in [3.63, 3.8) is 0 Å². The number of aliphatic imine (C=N–C) groups is 1. The zero-order chi connectivity index (χ0) is 5.11. The summed E-state index contributed by atoms with van der Waals surface area (Å²) in [6.07, 6.45) is 2.15. The maximum Gasteiger partial charge on any atom is 0.0809 e. The van der Waals surface area contributed by atoms with Crippen molar-refractivity contribution in [2.45, 2.75) is 12.8 Å². The molecule has 0 atom stereocenters. The molecule has 0 aromatic carbocycles. The second-order valence-electron chi connectivity index (χ2n) is 1.71. The van der Waals surface area contributed by atoms with E-state index in [-0.39, 0.29) is 23.6 Å². The van der Waals surface area contributed by atoms with Gasteiger partial charge in [0.1, 0.15) is 0 Å². The van der Waals surface area contributed by atoms with Crippen molar-refractivity contribution in [2.24, 2.45) is 4.99 Å². The summed E-state index contributed by atoms with van der Waals surface area (Å²) in [5, 5.41) is 8.44. The van der Waals surface area contributed by atoms with Crippen LogP contribution < -0.4 is 0 Å². The van der Waals surface area contributed by atoms with E-state index in [0.717, 1.165) is 25.1 Å². The van der Waals surface area contributed by atoms with Crippen LogP contribution in [-0.4, -0.2) is 24.0 Å². The summed E-state index contributed by atoms with van der Waals surface area (Å²) in [7, 11) is 0. The molecule has 0 aliphatic carbocycles. The Hall–Kier alpha value is 0.110. The van der Waals surface area contributed by atoms with Gasteiger partial charge in [-0.15, -0.1) is 17.0 Å². The van der Waals surface area contributed by atoms with Crippen LogP contribution in [0.1, 0.15) is 12.8 Å². The normalized spacial score (nSPS) is 17.4. The van der Waals surface area contributed by atoms with Gasteiger partial charge in [-0.1, -0.05) is 0 Å². The minimum absolute atomic E-state index is 0. The molecule has 0 spiro atoms. The number of rotatable bonds is 1. The van der Waals surface area contributed by atoms with E-state index in [1.807, 2.05) is 0 Å². The molecule has 0 saturated carbocycles. The van der Waals surface area contributed by atoms with E-state index in [1.165, 1.54) is 0 Å². The Morgan fingerprint density at radius 1 is 1.62 bits per heavy atom. The van der Waals surface area contributed by atoms with Crippen LogP contribution >= 0.6 is 17.0 Å². The largest absolute Gasteiger partial charge is 0.390 e. The Morgan fingerprint density at radius 3 is 2.62 bits per heavy atom. The Balaban J connectivity index is 0.000000490. The molecule has 0 radical (unpaired) electrons. The lowest BCUT2D eigenvalue weighted by Crippen LogP contribution is -1.97. The molecule has 1 heterocycles. The van der Waals surface area contributed by atoms with Gasteiger partial charge in [-0.2, -0.15) is 0 Å². The van der Waals surface area contributed by atoms with Crippen molar-refractivity contribution in [3.05, 3.63) is 0 Å². The number of halogens is 1. The molecule has 0 unspecified atom stereocenters. The highest BCUT2D eigenvalue weighted by atomic mass is 79.9. The van der Waals surface area contributed by atoms with Crippen LogP contribution in [-0.2, 0) is 0 Å². The molecular weight excluding hydrogens is 170 g/mol. The van der Waals surface area contributed by atoms with Gasteiger partial charge in [0.25, 0.3) is 0 Å². The molecule has 1 rings (SSSR count). The van der Waals surface area contributed by atoms with Gasteiger partial charge >= 0.3 is 0 Å². The van der Waals surface area contributed by atoms with Crippen molar-refractivity contribution >= 4 is 22.7 Å². The first-order valence-corrected chi connectivity index (χ1v) is 2.56. The molecule has 3 heteroatoms. The lowest BCUT2D eigenvalue weighted by atomic mass is 10.3. The summed E-state index contributed by atoms with van der Waals surface area (Å²) >= 11 is 0. The molecule has 0 fully saturated rings. The summed E-state index contributed by atoms with van der Waals surface area (Å²) in [4.78, 5) is 4.02. The fourth-order valence-corrected chi connectivity index (χ4v) is 0.728. The van der Waals surface area contributed by atoms with Crippen LogP contribution in [0, 0.1) is 0 Å². The summed E-state index contributed by atoms with van der Waals surface area (Å²) < 4.78 is 0. The number of aliphatic hydroxyl groups excluding tert-OH is 1. The van der Waals surface area contributed by atoms with Gasteiger partial charge in [0.05, 0.1) is 6.61 Å². The quantitative estimate of drug-likeness (QED) is 0.635. The van der Waals surface area contributed by atoms with Crippen LogP contribution in [0.25, 0.3) is 0 Å². The zero-order valence-electron chi connectivity index (χ0n) is 4.63. The van der Waals surface area contributed by atoms with Gasteiger partial charge in [-0.25, -0.2) is 0 Å². The van der Waals surface area contributed by atoms with Crippen molar-refractivity contribution < 1.29 is 5.11 Å². The third-order valence-corrected chi connectivity index (χ3v) is 1.14. The Kier molecular flexibility index (Phi) is 4.09. The van der Waals surface area contributed by atoms with E-state index in [2.05, 4.69) is 4.99 Å². The van der Waals surface area contributed by atoms with E-state index in [1.54, 1.807) is 0 Å². The van der Waals surface area contributed by atoms with Crippen LogP contribution in [0.15, 0.2) is 4.99 Å². The van der Waals surface area contributed by atoms with Crippen LogP contribution in [0.4, 0.5) is 0 Å². The first kappa shape index (κ1) is 8.11. The second-order valence-corrected chi connectivity index (χ2v) is 1.71. The predicted octanol–water partition coefficient (Wildman–Crippen LogP) is 0.791. The third-order valence-electron chi connectivity index (χ3n) is 1.14. The fraction of sp³-hybridized carbons (Fsp3) is 0.800. The predicted molar refractivity (Wildman–Crippen MR) is 38.9 cm³/mol. The van der Waals surface area contributed by atoms with Crippen LogP contribution in [0.5, 0.6) is 0 Å². The molecule has 0 aromatic heterocycles. The topological polar surface area (TPSA) is 32.6 Å². The molecule has 1 aliphatic heterocycles. The molecule has 2 nitrogen and oxygen atoms in total. The van der Waals surface area contributed by atoms with E-state index in [0.29, 0.717) is 0 Å². The number of hydrogen-bond acceptors (Lipinski definition) is 2. The lowest BCUT2D eigenvalue weighted by molar-refractivity contribution is 0.356. The van der Waals surface area contributed by atoms with Crippen molar-refractivity contribution in [2.75, 3.05) is 13.2 Å². The third kappa shape index (κ3) is 1.92. The second kappa shape index (κ2) is 4.04. The van der Waals surface area contributed by atoms with E-state index in [4.69, 9.17) is 5.11 Å². The average Bonchev–Trinajstić information content (AvgIpc) is 2.14. The SMILES string of the molecule is Br.OCC1=NCCC1. The smallest absolute Gasteiger partial charge is 0.0809 e. The number of aliphatic hydroxyl groups is 1. The maximum atomic E-state index is 8.44. The van der Waals surface area contributed by atoms with Gasteiger partial charge in [0, 0.05) is 12.3 Å². The standard InChI is InChI=1S/C5H9NO.BrH/c7-4-5-2-1-3-6-5;/h7H,1-4H2;1H. The molecule has 0 aromatic rings. The van der Waals surface area contributed by atoms with Crippen molar-refractivity contribution in [3.8, 4) is 0 Å². The van der Waals surface area contributed by atoms with Gasteiger partial charge in [-0.05, 0) is 12.8 Å². The summed E-state index contributed by atoms with van der Waals surface area (Å²) in [6.45, 7) is 1.09. The van der Waals surface area contributed by atoms with E-state index >= 15 is 0 Å². The minimum atomic E-state index is 0. The van der Waals surface area contributed by atoms with Crippen LogP contribution in [0.2, 0.25) is 0 Å². The highest BCUT2D eigenvalue weighted by Crippen LogP contribution is 2.01. The Morgan fingerprint density at radius 2 is 2.38 bits per heavy atom. The average molecular weight is 180 g/mol. The molecular formula is C5H10BrNO. The summed E-state index contributed by atoms with van der Waals surface area (Å²) in [5.74, 6) is 0. The first-order valence-electron chi connectivity index (χ1n) is 2.56. The summed E-state index contributed by atoms with van der Waals surface area (Å²) in [5.41, 5.74) is 0.972. The zero-order valence-corrected chi connectivity index (χ0v) is 6.34. The first-order chi connectivity index (χ1) is 3.43. The molecule has 48 valence electrons. The lowest BCUT2D eigenvalue weighted by Gasteiger charge is -1.85. The monoisotopic (exact) mass is 179 g/mol. The van der Waals surface area contributed by atoms with Gasteiger partial charge in [0.2, 0.25) is 0 Å². The van der Waals surface area contributed by atoms with Gasteiger partial charge in [-0.3, -0.25) is 4.99 Å². The van der Waals surface area contributed by atoms with Crippen LogP contribution in [0.3, 0.4) is 0 Å². The molecule has 1 aliphatic rings. The molecule has 0 saturated heterocycles. The minimum Gasteiger partial charge on any atom is -0.390 e. The fourth-order valence-electron chi connectivity index (χ4n) is 0.728. The molecule has 0 bridgehead atoms. The molecule has 8 heavy (non-hydrogen) atoms. The highest BCUT2D eigenvalue weighted by Gasteiger charge is 2.01. The highest BCUT2D eigenvalue weighted by molar-refractivity contribution is 8.93. The van der Waals surface area contributed by atoms with Gasteiger partial charge < -0.3 is 5.11 Å². The van der Waals surface area contributed by atoms with Crippen molar-refractivity contribution in [1.29, 1.82) is 0 Å². The summed E-state index contributed by atoms with van der Waals surface area (Å²) in [6, 6.07) is 0. The van der Waals surface area contributed by atoms with Gasteiger partial charge in [0.15, 0.2) is 0 Å². The number of hydrogen-bond donors (Lipinski definition) is 1.